The minimum Gasteiger partial charge on any atom is -0.388 e. The zero-order valence-corrected chi connectivity index (χ0v) is 12.9. The van der Waals surface area contributed by atoms with Crippen molar-refractivity contribution < 1.29 is 9.90 Å². The number of carbonyl (C=O) groups is 1. The highest BCUT2D eigenvalue weighted by Crippen LogP contribution is 2.23. The first-order valence-electron chi connectivity index (χ1n) is 6.53. The number of nitrogens with one attached hydrogen (secondary N) is 1. The molecule has 0 bridgehead atoms. The second-order valence-electron chi connectivity index (χ2n) is 5.18. The number of benzene rings is 1. The Morgan fingerprint density at radius 3 is 2.74 bits per heavy atom. The lowest BCUT2D eigenvalue weighted by Gasteiger charge is -2.21. The monoisotopic (exact) mass is 281 g/mol. The lowest BCUT2D eigenvalue weighted by atomic mass is 10.0. The van der Waals surface area contributed by atoms with Gasteiger partial charge in [0.15, 0.2) is 0 Å². The van der Waals surface area contributed by atoms with Crippen LogP contribution in [0.25, 0.3) is 0 Å². The van der Waals surface area contributed by atoms with Gasteiger partial charge < -0.3 is 10.4 Å². The first kappa shape index (κ1) is 16.1. The van der Waals surface area contributed by atoms with Crippen molar-refractivity contribution in [2.24, 2.45) is 0 Å². The minimum absolute atomic E-state index is 0.0420. The molecule has 106 valence electrons. The molecule has 0 aromatic heterocycles. The molecule has 19 heavy (non-hydrogen) atoms. The van der Waals surface area contributed by atoms with E-state index >= 15 is 0 Å². The minimum atomic E-state index is -0.820. The summed E-state index contributed by atoms with van der Waals surface area (Å²) in [5.41, 5.74) is 1.56. The van der Waals surface area contributed by atoms with Crippen molar-refractivity contribution in [1.29, 1.82) is 0 Å². The molecular weight excluding hydrogens is 258 g/mol. The molecule has 0 aliphatic heterocycles. The normalized spacial score (nSPS) is 13.9. The quantitative estimate of drug-likeness (QED) is 0.788. The van der Waals surface area contributed by atoms with Crippen molar-refractivity contribution in [3.05, 3.63) is 29.3 Å². The van der Waals surface area contributed by atoms with Gasteiger partial charge in [-0.3, -0.25) is 4.79 Å². The van der Waals surface area contributed by atoms with Gasteiger partial charge in [-0.1, -0.05) is 24.6 Å². The summed E-state index contributed by atoms with van der Waals surface area (Å²) in [4.78, 5) is 12.9. The first-order valence-corrected chi connectivity index (χ1v) is 7.52. The topological polar surface area (TPSA) is 49.3 Å². The van der Waals surface area contributed by atoms with Crippen LogP contribution in [0.3, 0.4) is 0 Å². The van der Waals surface area contributed by atoms with Crippen LogP contribution in [0.4, 0.5) is 0 Å². The number of thioether (sulfide) groups is 1. The van der Waals surface area contributed by atoms with Crippen LogP contribution >= 0.6 is 11.8 Å². The molecule has 1 rings (SSSR count). The zero-order valence-electron chi connectivity index (χ0n) is 12.1. The lowest BCUT2D eigenvalue weighted by molar-refractivity contribution is -0.119. The number of aliphatic hydroxyl groups is 1. The fraction of sp³-hybridized carbons (Fsp3) is 0.533. The molecule has 1 aromatic rings. The highest BCUT2D eigenvalue weighted by atomic mass is 32.2. The molecule has 0 spiro atoms. The summed E-state index contributed by atoms with van der Waals surface area (Å²) in [6.07, 6.45) is 0.622. The molecule has 1 aromatic carbocycles. The molecule has 0 aliphatic rings. The predicted molar refractivity (Wildman–Crippen MR) is 80.6 cm³/mol. The van der Waals surface area contributed by atoms with Crippen LogP contribution in [-0.2, 0) is 4.79 Å². The highest BCUT2D eigenvalue weighted by Gasteiger charge is 2.18. The predicted octanol–water partition coefficient (Wildman–Crippen LogP) is 2.67. The van der Waals surface area contributed by atoms with Gasteiger partial charge in [-0.25, -0.2) is 0 Å². The highest BCUT2D eigenvalue weighted by molar-refractivity contribution is 8.00. The molecule has 0 saturated heterocycles. The Kier molecular flexibility index (Phi) is 5.88. The van der Waals surface area contributed by atoms with E-state index in [-0.39, 0.29) is 5.91 Å². The third kappa shape index (κ3) is 5.66. The van der Waals surface area contributed by atoms with E-state index in [0.29, 0.717) is 18.7 Å². The zero-order chi connectivity index (χ0) is 14.5. The number of aryl methyl sites for hydroxylation is 2. The Bertz CT molecular complexity index is 444. The van der Waals surface area contributed by atoms with Crippen LogP contribution < -0.4 is 5.32 Å². The molecule has 4 heteroatoms. The summed E-state index contributed by atoms with van der Waals surface area (Å²) in [7, 11) is 0. The van der Waals surface area contributed by atoms with Gasteiger partial charge in [0.25, 0.3) is 0 Å². The van der Waals surface area contributed by atoms with E-state index in [2.05, 4.69) is 23.5 Å². The van der Waals surface area contributed by atoms with Crippen molar-refractivity contribution >= 4 is 17.7 Å². The van der Waals surface area contributed by atoms with Crippen LogP contribution in [0.2, 0.25) is 0 Å². The molecule has 1 atom stereocenters. The van der Waals surface area contributed by atoms with Gasteiger partial charge in [0.1, 0.15) is 0 Å². The van der Waals surface area contributed by atoms with Crippen LogP contribution in [0.1, 0.15) is 31.4 Å². The van der Waals surface area contributed by atoms with Crippen LogP contribution in [0, 0.1) is 13.8 Å². The summed E-state index contributed by atoms with van der Waals surface area (Å²) in [6, 6.07) is 6.23. The average Bonchev–Trinajstić information content (AvgIpc) is 2.37. The van der Waals surface area contributed by atoms with Crippen LogP contribution in [0.15, 0.2) is 23.1 Å². The van der Waals surface area contributed by atoms with Crippen molar-refractivity contribution in [3.63, 3.8) is 0 Å². The van der Waals surface area contributed by atoms with Gasteiger partial charge >= 0.3 is 0 Å². The molecule has 0 saturated carbocycles. The summed E-state index contributed by atoms with van der Waals surface area (Å²) in [5.74, 6) is 0.337. The Morgan fingerprint density at radius 1 is 1.42 bits per heavy atom. The van der Waals surface area contributed by atoms with Gasteiger partial charge in [0.2, 0.25) is 5.91 Å². The van der Waals surface area contributed by atoms with Crippen LogP contribution in [-0.4, -0.2) is 28.9 Å². The molecule has 0 radical (unpaired) electrons. The van der Waals surface area contributed by atoms with E-state index in [9.17, 15) is 9.90 Å². The van der Waals surface area contributed by atoms with E-state index in [1.807, 2.05) is 20.8 Å². The maximum atomic E-state index is 11.7. The van der Waals surface area contributed by atoms with E-state index < -0.39 is 5.60 Å². The fourth-order valence-electron chi connectivity index (χ4n) is 1.47. The number of amides is 1. The van der Waals surface area contributed by atoms with E-state index in [0.717, 1.165) is 4.90 Å². The maximum Gasteiger partial charge on any atom is 0.230 e. The van der Waals surface area contributed by atoms with E-state index in [1.165, 1.54) is 22.9 Å². The number of hydrogen-bond acceptors (Lipinski definition) is 3. The number of rotatable bonds is 6. The average molecular weight is 281 g/mol. The molecule has 2 N–H and O–H groups in total. The third-order valence-corrected chi connectivity index (χ3v) is 4.29. The molecule has 1 amide bonds. The summed E-state index contributed by atoms with van der Waals surface area (Å²) >= 11 is 1.53. The first-order chi connectivity index (χ1) is 8.84. The van der Waals surface area contributed by atoms with Crippen molar-refractivity contribution in [3.8, 4) is 0 Å². The standard InChI is InChI=1S/C15H23NO2S/c1-5-15(4,18)10-16-14(17)9-19-13-8-11(2)6-7-12(13)3/h6-8,18H,5,9-10H2,1-4H3,(H,16,17). The Labute approximate surface area is 119 Å². The van der Waals surface area contributed by atoms with Gasteiger partial charge in [-0.05, 0) is 38.8 Å². The van der Waals surface area contributed by atoms with Gasteiger partial charge in [0, 0.05) is 11.4 Å². The molecular formula is C15H23NO2S. The summed E-state index contributed by atoms with van der Waals surface area (Å²) in [6.45, 7) is 8.02. The van der Waals surface area contributed by atoms with Crippen molar-refractivity contribution in [2.75, 3.05) is 12.3 Å². The molecule has 1 unspecified atom stereocenters. The Balaban J connectivity index is 2.44. The van der Waals surface area contributed by atoms with E-state index in [1.54, 1.807) is 6.92 Å². The molecule has 0 aliphatic carbocycles. The van der Waals surface area contributed by atoms with Crippen LogP contribution in [0.5, 0.6) is 0 Å². The fourth-order valence-corrected chi connectivity index (χ4v) is 2.42. The second kappa shape index (κ2) is 6.96. The van der Waals surface area contributed by atoms with E-state index in [4.69, 9.17) is 0 Å². The number of carbonyl (C=O) groups excluding carboxylic acids is 1. The maximum absolute atomic E-state index is 11.7. The van der Waals surface area contributed by atoms with Gasteiger partial charge in [-0.15, -0.1) is 11.8 Å². The number of hydrogen-bond donors (Lipinski definition) is 2. The largest absolute Gasteiger partial charge is 0.388 e. The van der Waals surface area contributed by atoms with Crippen molar-refractivity contribution in [1.82, 2.24) is 5.32 Å². The van der Waals surface area contributed by atoms with Gasteiger partial charge in [0.05, 0.1) is 11.4 Å². The van der Waals surface area contributed by atoms with Gasteiger partial charge in [-0.2, -0.15) is 0 Å². The summed E-state index contributed by atoms with van der Waals surface area (Å²) < 4.78 is 0. The summed E-state index contributed by atoms with van der Waals surface area (Å²) in [5, 5.41) is 12.6. The van der Waals surface area contributed by atoms with Crippen molar-refractivity contribution in [2.45, 2.75) is 44.6 Å². The smallest absolute Gasteiger partial charge is 0.230 e. The molecule has 0 fully saturated rings. The molecule has 0 heterocycles. The third-order valence-electron chi connectivity index (χ3n) is 3.13. The lowest BCUT2D eigenvalue weighted by Crippen LogP contribution is -2.40. The SMILES string of the molecule is CCC(C)(O)CNC(=O)CSc1cc(C)ccc1C. The Hall–Kier alpha value is -1.00. The Morgan fingerprint density at radius 2 is 2.11 bits per heavy atom. The second-order valence-corrected chi connectivity index (χ2v) is 6.20. The molecule has 3 nitrogen and oxygen atoms in total.